The average molecular weight is 426 g/mol. The predicted molar refractivity (Wildman–Crippen MR) is 127 cm³/mol. The SMILES string of the molecule is CC(C)c1cc(-c2ccnc(-c3cccc(Oc4ccccn4)c3)n2)c(O)c(C(C)C)c1. The number of nitrogens with zero attached hydrogens (tertiary/aromatic N) is 3. The fraction of sp³-hybridized carbons (Fsp3) is 0.222. The number of benzene rings is 2. The van der Waals surface area contributed by atoms with E-state index in [2.05, 4.69) is 43.7 Å². The Balaban J connectivity index is 1.73. The zero-order valence-corrected chi connectivity index (χ0v) is 18.8. The molecule has 0 bridgehead atoms. The third-order valence-corrected chi connectivity index (χ3v) is 5.33. The van der Waals surface area contributed by atoms with Crippen LogP contribution in [0.4, 0.5) is 0 Å². The van der Waals surface area contributed by atoms with Crippen LogP contribution in [-0.2, 0) is 0 Å². The molecule has 0 saturated heterocycles. The topological polar surface area (TPSA) is 68.1 Å². The summed E-state index contributed by atoms with van der Waals surface area (Å²) in [6.45, 7) is 8.47. The van der Waals surface area contributed by atoms with Gasteiger partial charge in [0.2, 0.25) is 5.88 Å². The molecule has 2 heterocycles. The standard InChI is InChI=1S/C27H27N3O2/c1-17(2)20-15-22(18(3)4)26(31)23(16-20)24-11-13-29-27(30-24)19-8-7-9-21(14-19)32-25-10-5-6-12-28-25/h5-18,31H,1-4H3. The van der Waals surface area contributed by atoms with Gasteiger partial charge < -0.3 is 9.84 Å². The molecular formula is C27H27N3O2. The van der Waals surface area contributed by atoms with E-state index in [1.54, 1.807) is 18.5 Å². The van der Waals surface area contributed by atoms with E-state index in [1.807, 2.05) is 48.5 Å². The number of pyridine rings is 1. The first-order chi connectivity index (χ1) is 15.4. The highest BCUT2D eigenvalue weighted by atomic mass is 16.5. The van der Waals surface area contributed by atoms with Crippen LogP contribution in [0.25, 0.3) is 22.6 Å². The lowest BCUT2D eigenvalue weighted by atomic mass is 9.91. The van der Waals surface area contributed by atoms with E-state index >= 15 is 0 Å². The van der Waals surface area contributed by atoms with Crippen molar-refractivity contribution in [1.82, 2.24) is 15.0 Å². The summed E-state index contributed by atoms with van der Waals surface area (Å²) in [7, 11) is 0. The maximum Gasteiger partial charge on any atom is 0.219 e. The van der Waals surface area contributed by atoms with Gasteiger partial charge in [0.05, 0.1) is 5.69 Å². The van der Waals surface area contributed by atoms with Gasteiger partial charge in [-0.15, -0.1) is 0 Å². The highest BCUT2D eigenvalue weighted by molar-refractivity contribution is 5.72. The first-order valence-electron chi connectivity index (χ1n) is 10.8. The first kappa shape index (κ1) is 21.5. The third-order valence-electron chi connectivity index (χ3n) is 5.33. The molecule has 0 aliphatic rings. The van der Waals surface area contributed by atoms with Gasteiger partial charge in [-0.2, -0.15) is 0 Å². The molecule has 2 aromatic carbocycles. The lowest BCUT2D eigenvalue weighted by Gasteiger charge is -2.17. The molecule has 0 aliphatic carbocycles. The van der Waals surface area contributed by atoms with Gasteiger partial charge in [0.25, 0.3) is 0 Å². The van der Waals surface area contributed by atoms with Gasteiger partial charge in [-0.3, -0.25) is 0 Å². The van der Waals surface area contributed by atoms with Gasteiger partial charge >= 0.3 is 0 Å². The number of ether oxygens (including phenoxy) is 1. The van der Waals surface area contributed by atoms with Crippen LogP contribution in [0, 0.1) is 0 Å². The second-order valence-electron chi connectivity index (χ2n) is 8.38. The number of phenolic OH excluding ortho intramolecular Hbond substituents is 1. The summed E-state index contributed by atoms with van der Waals surface area (Å²) in [5, 5.41) is 11.0. The van der Waals surface area contributed by atoms with Crippen LogP contribution in [-0.4, -0.2) is 20.1 Å². The summed E-state index contributed by atoms with van der Waals surface area (Å²) < 4.78 is 5.85. The summed E-state index contributed by atoms with van der Waals surface area (Å²) in [6.07, 6.45) is 3.41. The van der Waals surface area contributed by atoms with Crippen molar-refractivity contribution >= 4 is 0 Å². The normalized spacial score (nSPS) is 11.2. The van der Waals surface area contributed by atoms with Crippen LogP contribution in [0.5, 0.6) is 17.4 Å². The maximum absolute atomic E-state index is 11.0. The Morgan fingerprint density at radius 3 is 2.38 bits per heavy atom. The quantitative estimate of drug-likeness (QED) is 0.362. The van der Waals surface area contributed by atoms with Crippen LogP contribution in [0.15, 0.2) is 73.1 Å². The zero-order valence-electron chi connectivity index (χ0n) is 18.8. The Morgan fingerprint density at radius 2 is 1.66 bits per heavy atom. The molecule has 4 aromatic rings. The van der Waals surface area contributed by atoms with Crippen molar-refractivity contribution in [3.63, 3.8) is 0 Å². The summed E-state index contributed by atoms with van der Waals surface area (Å²) in [6, 6.07) is 19.1. The van der Waals surface area contributed by atoms with E-state index in [9.17, 15) is 5.11 Å². The fourth-order valence-electron chi connectivity index (χ4n) is 3.52. The fourth-order valence-corrected chi connectivity index (χ4v) is 3.52. The Kier molecular flexibility index (Phi) is 6.17. The van der Waals surface area contributed by atoms with E-state index in [-0.39, 0.29) is 11.7 Å². The largest absolute Gasteiger partial charge is 0.507 e. The number of phenols is 1. The molecule has 5 heteroatoms. The summed E-state index contributed by atoms with van der Waals surface area (Å²) in [4.78, 5) is 13.4. The molecule has 0 amide bonds. The van der Waals surface area contributed by atoms with Crippen LogP contribution < -0.4 is 4.74 Å². The Morgan fingerprint density at radius 1 is 0.812 bits per heavy atom. The first-order valence-corrected chi connectivity index (χ1v) is 10.8. The van der Waals surface area contributed by atoms with Crippen molar-refractivity contribution < 1.29 is 9.84 Å². The van der Waals surface area contributed by atoms with Gasteiger partial charge in [-0.25, -0.2) is 15.0 Å². The van der Waals surface area contributed by atoms with Gasteiger partial charge in [0.15, 0.2) is 5.82 Å². The monoisotopic (exact) mass is 425 g/mol. The van der Waals surface area contributed by atoms with E-state index in [0.717, 1.165) is 16.7 Å². The molecule has 0 atom stereocenters. The lowest BCUT2D eigenvalue weighted by Crippen LogP contribution is -1.98. The number of aromatic hydroxyl groups is 1. The molecule has 0 radical (unpaired) electrons. The van der Waals surface area contributed by atoms with Crippen LogP contribution in [0.2, 0.25) is 0 Å². The molecule has 0 unspecified atom stereocenters. The highest BCUT2D eigenvalue weighted by Gasteiger charge is 2.17. The van der Waals surface area contributed by atoms with Crippen molar-refractivity contribution in [3.05, 3.63) is 84.2 Å². The van der Waals surface area contributed by atoms with E-state index in [1.165, 1.54) is 5.56 Å². The molecule has 32 heavy (non-hydrogen) atoms. The van der Waals surface area contributed by atoms with E-state index in [0.29, 0.717) is 29.1 Å². The molecule has 0 saturated carbocycles. The second-order valence-corrected chi connectivity index (χ2v) is 8.38. The average Bonchev–Trinajstić information content (AvgIpc) is 2.80. The minimum Gasteiger partial charge on any atom is -0.507 e. The molecule has 4 rings (SSSR count). The number of rotatable bonds is 6. The zero-order chi connectivity index (χ0) is 22.7. The third kappa shape index (κ3) is 4.62. The van der Waals surface area contributed by atoms with Crippen LogP contribution in [0.3, 0.4) is 0 Å². The van der Waals surface area contributed by atoms with Gasteiger partial charge in [-0.05, 0) is 53.3 Å². The number of hydrogen-bond donors (Lipinski definition) is 1. The minimum atomic E-state index is 0.203. The van der Waals surface area contributed by atoms with Gasteiger partial charge in [0.1, 0.15) is 11.5 Å². The smallest absolute Gasteiger partial charge is 0.219 e. The Bertz CT molecular complexity index is 1220. The molecule has 0 fully saturated rings. The molecule has 2 aromatic heterocycles. The summed E-state index contributed by atoms with van der Waals surface area (Å²) in [5.74, 6) is 2.57. The van der Waals surface area contributed by atoms with Crippen molar-refractivity contribution in [1.29, 1.82) is 0 Å². The van der Waals surface area contributed by atoms with Crippen LogP contribution in [0.1, 0.15) is 50.7 Å². The van der Waals surface area contributed by atoms with Crippen molar-refractivity contribution in [3.8, 4) is 40.0 Å². The number of aromatic nitrogens is 3. The number of hydrogen-bond acceptors (Lipinski definition) is 5. The minimum absolute atomic E-state index is 0.203. The Labute approximate surface area is 188 Å². The van der Waals surface area contributed by atoms with Gasteiger partial charge in [-0.1, -0.05) is 52.0 Å². The highest BCUT2D eigenvalue weighted by Crippen LogP contribution is 2.38. The molecule has 0 spiro atoms. The lowest BCUT2D eigenvalue weighted by molar-refractivity contribution is 0.463. The molecule has 162 valence electrons. The second kappa shape index (κ2) is 9.18. The van der Waals surface area contributed by atoms with Gasteiger partial charge in [0, 0.05) is 29.6 Å². The van der Waals surface area contributed by atoms with Crippen molar-refractivity contribution in [2.45, 2.75) is 39.5 Å². The van der Waals surface area contributed by atoms with Crippen LogP contribution >= 0.6 is 0 Å². The predicted octanol–water partition coefficient (Wildman–Crippen LogP) is 6.95. The van der Waals surface area contributed by atoms with E-state index < -0.39 is 0 Å². The van der Waals surface area contributed by atoms with Crippen molar-refractivity contribution in [2.75, 3.05) is 0 Å². The molecule has 5 nitrogen and oxygen atoms in total. The Hall–Kier alpha value is -3.73. The van der Waals surface area contributed by atoms with E-state index in [4.69, 9.17) is 9.72 Å². The summed E-state index contributed by atoms with van der Waals surface area (Å²) >= 11 is 0. The van der Waals surface area contributed by atoms with Crippen molar-refractivity contribution in [2.24, 2.45) is 0 Å². The molecule has 0 aliphatic heterocycles. The maximum atomic E-state index is 11.0. The molecule has 1 N–H and O–H groups in total. The summed E-state index contributed by atoms with van der Waals surface area (Å²) in [5.41, 5.74) is 4.34. The molecular weight excluding hydrogens is 398 g/mol.